The van der Waals surface area contributed by atoms with Crippen LogP contribution in [0.25, 0.3) is 0 Å². The van der Waals surface area contributed by atoms with E-state index in [2.05, 4.69) is 26.3 Å². The van der Waals surface area contributed by atoms with Crippen molar-refractivity contribution < 1.29 is 0 Å². The number of nitrogens with zero attached hydrogens (tertiary/aromatic N) is 4. The molecule has 0 bridgehead atoms. The maximum atomic E-state index is 8.64. The van der Waals surface area contributed by atoms with Crippen LogP contribution in [0, 0.1) is 11.3 Å². The zero-order chi connectivity index (χ0) is 14.4. The zero-order valence-electron chi connectivity index (χ0n) is 11.0. The van der Waals surface area contributed by atoms with Gasteiger partial charge in [-0.2, -0.15) is 5.26 Å². The Morgan fingerprint density at radius 2 is 2.10 bits per heavy atom. The van der Waals surface area contributed by atoms with E-state index >= 15 is 0 Å². The molecule has 98 valence electrons. The minimum absolute atomic E-state index is 0.370. The normalized spacial score (nSPS) is 10.3. The highest BCUT2D eigenvalue weighted by Crippen LogP contribution is 2.20. The van der Waals surface area contributed by atoms with Crippen LogP contribution in [0.15, 0.2) is 35.5 Å². The summed E-state index contributed by atoms with van der Waals surface area (Å²) in [6.07, 6.45) is 3.41. The molecule has 3 N–H and O–H groups in total. The molecule has 6 nitrogen and oxygen atoms in total. The molecule has 1 heterocycles. The third kappa shape index (κ3) is 3.11. The number of nitrogens with one attached hydrogen (secondary N) is 1. The van der Waals surface area contributed by atoms with Crippen molar-refractivity contribution in [1.82, 2.24) is 9.97 Å². The molecule has 0 atom stereocenters. The quantitative estimate of drug-likeness (QED) is 0.629. The number of hydrogen-bond donors (Lipinski definition) is 2. The lowest BCUT2D eigenvalue weighted by atomic mass is 10.1. The second kappa shape index (κ2) is 6.34. The highest BCUT2D eigenvalue weighted by Gasteiger charge is 2.07. The highest BCUT2D eigenvalue weighted by molar-refractivity contribution is 6.12. The third-order valence-corrected chi connectivity index (χ3v) is 2.67. The van der Waals surface area contributed by atoms with E-state index in [4.69, 9.17) is 11.0 Å². The first kappa shape index (κ1) is 13.6. The van der Waals surface area contributed by atoms with E-state index in [1.54, 1.807) is 14.2 Å². The largest absolute Gasteiger partial charge is 0.383 e. The number of anilines is 3. The number of rotatable bonds is 4. The SMILES string of the molecule is B/N=C/c1c(N)ncnc1Nc1ccc(CC#N)cc1. The van der Waals surface area contributed by atoms with Gasteiger partial charge in [-0.05, 0) is 17.7 Å². The van der Waals surface area contributed by atoms with E-state index in [1.807, 2.05) is 24.3 Å². The molecule has 0 amide bonds. The van der Waals surface area contributed by atoms with E-state index in [0.29, 0.717) is 23.6 Å². The van der Waals surface area contributed by atoms with Crippen LogP contribution in [0.5, 0.6) is 0 Å². The van der Waals surface area contributed by atoms with Crippen LogP contribution < -0.4 is 11.1 Å². The second-order valence-corrected chi connectivity index (χ2v) is 4.07. The Bertz CT molecular complexity index is 660. The average molecular weight is 264 g/mol. The van der Waals surface area contributed by atoms with Crippen molar-refractivity contribution in [3.8, 4) is 6.07 Å². The lowest BCUT2D eigenvalue weighted by molar-refractivity contribution is 1.17. The fourth-order valence-electron chi connectivity index (χ4n) is 1.70. The van der Waals surface area contributed by atoms with Crippen LogP contribution in [-0.2, 0) is 6.42 Å². The topological polar surface area (TPSA) is 100.0 Å². The van der Waals surface area contributed by atoms with Gasteiger partial charge < -0.3 is 16.0 Å². The summed E-state index contributed by atoms with van der Waals surface area (Å²) >= 11 is 0. The van der Waals surface area contributed by atoms with E-state index in [1.165, 1.54) is 6.33 Å². The Labute approximate surface area is 117 Å². The van der Waals surface area contributed by atoms with Crippen molar-refractivity contribution >= 4 is 31.5 Å². The van der Waals surface area contributed by atoms with Crippen molar-refractivity contribution in [3.63, 3.8) is 0 Å². The van der Waals surface area contributed by atoms with Crippen LogP contribution in [0.4, 0.5) is 17.3 Å². The number of nitriles is 1. The molecule has 0 fully saturated rings. The van der Waals surface area contributed by atoms with Crippen LogP contribution in [0.1, 0.15) is 11.1 Å². The lowest BCUT2D eigenvalue weighted by Gasteiger charge is -2.09. The molecule has 7 heteroatoms. The van der Waals surface area contributed by atoms with Crippen LogP contribution in [0.3, 0.4) is 0 Å². The van der Waals surface area contributed by atoms with E-state index < -0.39 is 0 Å². The number of nitrogen functional groups attached to an aromatic ring is 1. The van der Waals surface area contributed by atoms with Gasteiger partial charge in [-0.3, -0.25) is 0 Å². The molecule has 2 aromatic rings. The van der Waals surface area contributed by atoms with E-state index in [-0.39, 0.29) is 0 Å². The smallest absolute Gasteiger partial charge is 0.244 e. The van der Waals surface area contributed by atoms with Crippen molar-refractivity contribution in [2.45, 2.75) is 6.42 Å². The Morgan fingerprint density at radius 3 is 2.75 bits per heavy atom. The molecule has 0 saturated carbocycles. The third-order valence-electron chi connectivity index (χ3n) is 2.67. The maximum Gasteiger partial charge on any atom is 0.244 e. The molecule has 2 rings (SSSR count). The Morgan fingerprint density at radius 1 is 1.35 bits per heavy atom. The highest BCUT2D eigenvalue weighted by atomic mass is 15.0. The molecular formula is C13H13BN6. The summed E-state index contributed by atoms with van der Waals surface area (Å²) in [7, 11) is 1.66. The summed E-state index contributed by atoms with van der Waals surface area (Å²) in [5.41, 5.74) is 8.28. The zero-order valence-corrected chi connectivity index (χ0v) is 11.0. The summed E-state index contributed by atoms with van der Waals surface area (Å²) in [5, 5.41) is 11.8. The van der Waals surface area contributed by atoms with Crippen molar-refractivity contribution in [3.05, 3.63) is 41.7 Å². The van der Waals surface area contributed by atoms with E-state index in [0.717, 1.165) is 11.3 Å². The van der Waals surface area contributed by atoms with Gasteiger partial charge in [-0.15, -0.1) is 0 Å². The standard InChI is InChI=1S/C13H13BN6/c14-19-7-11-12(16)17-8-18-13(11)20-10-3-1-9(2-4-10)5-6-15/h1-4,7-8H,5,14H2,(H3,16,17,18,20)/b19-7+. The Hall–Kier alpha value is -2.88. The number of benzene rings is 1. The van der Waals surface area contributed by atoms with Gasteiger partial charge in [0.1, 0.15) is 18.0 Å². The molecule has 0 aliphatic carbocycles. The summed E-state index contributed by atoms with van der Waals surface area (Å²) in [4.78, 5) is 12.1. The molecule has 0 spiro atoms. The minimum Gasteiger partial charge on any atom is -0.383 e. The van der Waals surface area contributed by atoms with Gasteiger partial charge in [0, 0.05) is 11.9 Å². The second-order valence-electron chi connectivity index (χ2n) is 4.07. The first-order valence-corrected chi connectivity index (χ1v) is 6.00. The van der Waals surface area contributed by atoms with Crippen molar-refractivity contribution in [1.29, 1.82) is 5.26 Å². The maximum absolute atomic E-state index is 8.64. The molecule has 0 unspecified atom stereocenters. The molecular weight excluding hydrogens is 251 g/mol. The van der Waals surface area contributed by atoms with Gasteiger partial charge in [0.2, 0.25) is 7.98 Å². The predicted molar refractivity (Wildman–Crippen MR) is 81.6 cm³/mol. The first-order chi connectivity index (χ1) is 9.74. The number of nitrogens with two attached hydrogens (primary N) is 1. The van der Waals surface area contributed by atoms with Gasteiger partial charge in [0.25, 0.3) is 0 Å². The monoisotopic (exact) mass is 264 g/mol. The van der Waals surface area contributed by atoms with Gasteiger partial charge in [-0.1, -0.05) is 12.1 Å². The van der Waals surface area contributed by atoms with Crippen molar-refractivity contribution in [2.75, 3.05) is 11.1 Å². The molecule has 0 saturated heterocycles. The first-order valence-electron chi connectivity index (χ1n) is 6.00. The predicted octanol–water partition coefficient (Wildman–Crippen LogP) is 0.835. The van der Waals surface area contributed by atoms with Crippen molar-refractivity contribution in [2.24, 2.45) is 4.90 Å². The molecule has 1 aromatic carbocycles. The number of hydrogen-bond acceptors (Lipinski definition) is 6. The van der Waals surface area contributed by atoms with Gasteiger partial charge in [-0.25, -0.2) is 9.97 Å². The van der Waals surface area contributed by atoms with E-state index in [9.17, 15) is 0 Å². The molecule has 0 aliphatic rings. The molecule has 0 aliphatic heterocycles. The van der Waals surface area contributed by atoms with Crippen LogP contribution >= 0.6 is 0 Å². The van der Waals surface area contributed by atoms with Gasteiger partial charge >= 0.3 is 0 Å². The summed E-state index contributed by atoms with van der Waals surface area (Å²) in [5.74, 6) is 0.963. The number of aromatic nitrogens is 2. The summed E-state index contributed by atoms with van der Waals surface area (Å²) < 4.78 is 0. The van der Waals surface area contributed by atoms with Gasteiger partial charge in [0.15, 0.2) is 0 Å². The fraction of sp³-hybridized carbons (Fsp3) is 0.0769. The molecule has 1 aromatic heterocycles. The molecule has 0 radical (unpaired) electrons. The minimum atomic E-state index is 0.370. The van der Waals surface area contributed by atoms with Crippen LogP contribution in [0.2, 0.25) is 0 Å². The Balaban J connectivity index is 2.26. The van der Waals surface area contributed by atoms with Crippen LogP contribution in [-0.4, -0.2) is 24.2 Å². The molecule has 20 heavy (non-hydrogen) atoms. The fourth-order valence-corrected chi connectivity index (χ4v) is 1.70. The summed E-state index contributed by atoms with van der Waals surface area (Å²) in [6.45, 7) is 0. The summed E-state index contributed by atoms with van der Waals surface area (Å²) in [6, 6.07) is 9.67. The average Bonchev–Trinajstić information content (AvgIpc) is 2.45. The Kier molecular flexibility index (Phi) is 4.30. The lowest BCUT2D eigenvalue weighted by Crippen LogP contribution is -2.04. The van der Waals surface area contributed by atoms with Gasteiger partial charge in [0.05, 0.1) is 18.1 Å².